The minimum Gasteiger partial charge on any atom is -0.478 e. The van der Waals surface area contributed by atoms with Crippen molar-refractivity contribution in [2.45, 2.75) is 20.3 Å². The summed E-state index contributed by atoms with van der Waals surface area (Å²) in [5, 5.41) is 8.79. The van der Waals surface area contributed by atoms with Crippen molar-refractivity contribution in [2.24, 2.45) is 11.8 Å². The van der Waals surface area contributed by atoms with Crippen LogP contribution in [0.15, 0.2) is 28.7 Å². The van der Waals surface area contributed by atoms with Gasteiger partial charge in [0.15, 0.2) is 0 Å². The summed E-state index contributed by atoms with van der Waals surface area (Å²) in [6.45, 7) is 6.61. The SMILES string of the molecule is CC(C)C1CCN(c2cc(Br)ccc2/C=C/C(=O)O)C1. The molecule has 1 atom stereocenters. The van der Waals surface area contributed by atoms with E-state index in [1.54, 1.807) is 6.08 Å². The van der Waals surface area contributed by atoms with Gasteiger partial charge in [0.1, 0.15) is 0 Å². The minimum atomic E-state index is -0.916. The molecule has 0 radical (unpaired) electrons. The Hall–Kier alpha value is -1.29. The summed E-state index contributed by atoms with van der Waals surface area (Å²) >= 11 is 3.50. The van der Waals surface area contributed by atoms with Crippen LogP contribution in [0.3, 0.4) is 0 Å². The van der Waals surface area contributed by atoms with Crippen LogP contribution in [0.5, 0.6) is 0 Å². The number of benzene rings is 1. The van der Waals surface area contributed by atoms with Crippen LogP contribution < -0.4 is 4.90 Å². The maximum absolute atomic E-state index is 10.7. The van der Waals surface area contributed by atoms with E-state index in [4.69, 9.17) is 5.11 Å². The standard InChI is InChI=1S/C16H20BrNO2/c1-11(2)13-7-8-18(10-13)15-9-14(17)5-3-12(15)4-6-16(19)20/h3-6,9,11,13H,7-8,10H2,1-2H3,(H,19,20)/b6-4+. The van der Waals surface area contributed by atoms with Crippen LogP contribution in [0, 0.1) is 11.8 Å². The Bertz CT molecular complexity index is 525. The quantitative estimate of drug-likeness (QED) is 0.843. The molecule has 0 spiro atoms. The molecule has 108 valence electrons. The first-order valence-corrected chi connectivity index (χ1v) is 7.72. The second-order valence-corrected chi connectivity index (χ2v) is 6.53. The van der Waals surface area contributed by atoms with Gasteiger partial charge < -0.3 is 10.0 Å². The van der Waals surface area contributed by atoms with Crippen LogP contribution >= 0.6 is 15.9 Å². The Morgan fingerprint density at radius 2 is 2.25 bits per heavy atom. The van der Waals surface area contributed by atoms with E-state index in [2.05, 4.69) is 40.7 Å². The maximum atomic E-state index is 10.7. The van der Waals surface area contributed by atoms with E-state index in [1.807, 2.05) is 12.1 Å². The third-order valence-corrected chi connectivity index (χ3v) is 4.40. The average Bonchev–Trinajstić information content (AvgIpc) is 2.86. The van der Waals surface area contributed by atoms with E-state index in [0.717, 1.165) is 28.8 Å². The first-order valence-electron chi connectivity index (χ1n) is 6.93. The number of aliphatic carboxylic acids is 1. The summed E-state index contributed by atoms with van der Waals surface area (Å²) in [6, 6.07) is 5.98. The fourth-order valence-electron chi connectivity index (χ4n) is 2.64. The van der Waals surface area contributed by atoms with Crippen molar-refractivity contribution in [3.63, 3.8) is 0 Å². The lowest BCUT2D eigenvalue weighted by atomic mass is 9.95. The molecule has 2 rings (SSSR count). The molecule has 4 heteroatoms. The number of anilines is 1. The van der Waals surface area contributed by atoms with Gasteiger partial charge in [0.25, 0.3) is 0 Å². The third kappa shape index (κ3) is 3.63. The molecule has 1 aromatic rings. The van der Waals surface area contributed by atoms with Crippen molar-refractivity contribution in [1.29, 1.82) is 0 Å². The van der Waals surface area contributed by atoms with Crippen LogP contribution in [0.1, 0.15) is 25.8 Å². The number of nitrogens with zero attached hydrogens (tertiary/aromatic N) is 1. The Morgan fingerprint density at radius 3 is 2.85 bits per heavy atom. The van der Waals surface area contributed by atoms with Gasteiger partial charge in [0, 0.05) is 29.3 Å². The molecule has 1 fully saturated rings. The lowest BCUT2D eigenvalue weighted by Gasteiger charge is -2.22. The normalized spacial score (nSPS) is 19.2. The van der Waals surface area contributed by atoms with Crippen LogP contribution in [-0.4, -0.2) is 24.2 Å². The zero-order valence-electron chi connectivity index (χ0n) is 11.8. The summed E-state index contributed by atoms with van der Waals surface area (Å²) in [7, 11) is 0. The van der Waals surface area contributed by atoms with E-state index in [0.29, 0.717) is 11.8 Å². The highest BCUT2D eigenvalue weighted by Gasteiger charge is 2.26. The molecule has 0 amide bonds. The molecule has 0 bridgehead atoms. The summed E-state index contributed by atoms with van der Waals surface area (Å²) in [5.74, 6) is 0.482. The molecule has 3 nitrogen and oxygen atoms in total. The Balaban J connectivity index is 2.26. The Morgan fingerprint density at radius 1 is 1.50 bits per heavy atom. The van der Waals surface area contributed by atoms with Gasteiger partial charge in [0.05, 0.1) is 0 Å². The number of carbonyl (C=O) groups is 1. The first-order chi connectivity index (χ1) is 9.47. The van der Waals surface area contributed by atoms with E-state index in [9.17, 15) is 4.79 Å². The summed E-state index contributed by atoms with van der Waals surface area (Å²) in [5.41, 5.74) is 2.07. The molecule has 1 N–H and O–H groups in total. The summed E-state index contributed by atoms with van der Waals surface area (Å²) in [6.07, 6.45) is 4.07. The average molecular weight is 338 g/mol. The monoisotopic (exact) mass is 337 g/mol. The van der Waals surface area contributed by atoms with Gasteiger partial charge in [-0.3, -0.25) is 0 Å². The second kappa shape index (κ2) is 6.44. The lowest BCUT2D eigenvalue weighted by molar-refractivity contribution is -0.131. The number of carboxylic acids is 1. The number of carboxylic acid groups (broad SMARTS) is 1. The third-order valence-electron chi connectivity index (χ3n) is 3.91. The lowest BCUT2D eigenvalue weighted by Crippen LogP contribution is -2.22. The number of hydrogen-bond acceptors (Lipinski definition) is 2. The fourth-order valence-corrected chi connectivity index (χ4v) is 2.99. The largest absolute Gasteiger partial charge is 0.478 e. The molecule has 0 aliphatic carbocycles. The zero-order valence-corrected chi connectivity index (χ0v) is 13.4. The smallest absolute Gasteiger partial charge is 0.328 e. The van der Waals surface area contributed by atoms with Crippen molar-refractivity contribution in [3.05, 3.63) is 34.3 Å². The van der Waals surface area contributed by atoms with Gasteiger partial charge in [-0.15, -0.1) is 0 Å². The molecule has 1 aromatic carbocycles. The highest BCUT2D eigenvalue weighted by molar-refractivity contribution is 9.10. The van der Waals surface area contributed by atoms with Crippen molar-refractivity contribution in [1.82, 2.24) is 0 Å². The maximum Gasteiger partial charge on any atom is 0.328 e. The molecule has 1 saturated heterocycles. The van der Waals surface area contributed by atoms with E-state index < -0.39 is 5.97 Å². The van der Waals surface area contributed by atoms with Crippen LogP contribution in [0.25, 0.3) is 6.08 Å². The van der Waals surface area contributed by atoms with Crippen LogP contribution in [0.2, 0.25) is 0 Å². The molecule has 1 aliphatic heterocycles. The fraction of sp³-hybridized carbons (Fsp3) is 0.438. The molecule has 20 heavy (non-hydrogen) atoms. The highest BCUT2D eigenvalue weighted by Crippen LogP contribution is 2.32. The molecule has 1 unspecified atom stereocenters. The van der Waals surface area contributed by atoms with Gasteiger partial charge >= 0.3 is 5.97 Å². The van der Waals surface area contributed by atoms with Gasteiger partial charge in [-0.1, -0.05) is 35.8 Å². The van der Waals surface area contributed by atoms with Gasteiger partial charge in [-0.05, 0) is 42.0 Å². The number of halogens is 1. The first kappa shape index (κ1) is 15.1. The summed E-state index contributed by atoms with van der Waals surface area (Å²) in [4.78, 5) is 13.1. The number of rotatable bonds is 4. The minimum absolute atomic E-state index is 0.685. The number of hydrogen-bond donors (Lipinski definition) is 1. The van der Waals surface area contributed by atoms with Crippen molar-refractivity contribution >= 4 is 33.7 Å². The zero-order chi connectivity index (χ0) is 14.7. The van der Waals surface area contributed by atoms with Crippen LogP contribution in [-0.2, 0) is 4.79 Å². The molecule has 0 aromatic heterocycles. The van der Waals surface area contributed by atoms with Gasteiger partial charge in [-0.2, -0.15) is 0 Å². The molecule has 1 heterocycles. The topological polar surface area (TPSA) is 40.5 Å². The van der Waals surface area contributed by atoms with Gasteiger partial charge in [0.2, 0.25) is 0 Å². The predicted octanol–water partition coefficient (Wildman–Crippen LogP) is 4.03. The molecule has 1 aliphatic rings. The Labute approximate surface area is 128 Å². The van der Waals surface area contributed by atoms with E-state index in [-0.39, 0.29) is 0 Å². The van der Waals surface area contributed by atoms with Crippen molar-refractivity contribution < 1.29 is 9.90 Å². The van der Waals surface area contributed by atoms with E-state index in [1.165, 1.54) is 12.5 Å². The molecular formula is C16H20BrNO2. The molecule has 0 saturated carbocycles. The van der Waals surface area contributed by atoms with E-state index >= 15 is 0 Å². The predicted molar refractivity (Wildman–Crippen MR) is 86.0 cm³/mol. The highest BCUT2D eigenvalue weighted by atomic mass is 79.9. The summed E-state index contributed by atoms with van der Waals surface area (Å²) < 4.78 is 1.02. The molecular weight excluding hydrogens is 318 g/mol. The Kier molecular flexibility index (Phi) is 4.86. The van der Waals surface area contributed by atoms with Gasteiger partial charge in [-0.25, -0.2) is 4.79 Å². The second-order valence-electron chi connectivity index (χ2n) is 5.61. The van der Waals surface area contributed by atoms with Crippen molar-refractivity contribution in [2.75, 3.05) is 18.0 Å². The van der Waals surface area contributed by atoms with Crippen LogP contribution in [0.4, 0.5) is 5.69 Å². The van der Waals surface area contributed by atoms with Crippen molar-refractivity contribution in [3.8, 4) is 0 Å².